The third kappa shape index (κ3) is 59.4. The minimum atomic E-state index is 0. The van der Waals surface area contributed by atoms with E-state index in [9.17, 15) is 0 Å². The molecule has 6 N–H and O–H groups in total. The van der Waals surface area contributed by atoms with Gasteiger partial charge in [0, 0.05) is 0 Å². The molecular formula is H6ClO3Ru+. The number of hydrogen-bond donors (Lipinski definition) is 0. The summed E-state index contributed by atoms with van der Waals surface area (Å²) in [4.78, 5) is 0. The first-order chi connectivity index (χ1) is 0. The minimum absolute atomic E-state index is 0. The maximum Gasteiger partial charge on any atom is 2.00 e. The van der Waals surface area contributed by atoms with E-state index in [0.29, 0.717) is 0 Å². The molecule has 0 aliphatic carbocycles. The third-order valence-electron chi connectivity index (χ3n) is 0. The van der Waals surface area contributed by atoms with Crippen LogP contribution in [0.15, 0.2) is 0 Å². The summed E-state index contributed by atoms with van der Waals surface area (Å²) in [5.41, 5.74) is 0. The monoisotopic (exact) mass is 191 g/mol. The van der Waals surface area contributed by atoms with E-state index in [1.165, 1.54) is 0 Å². The molecule has 0 aliphatic heterocycles. The summed E-state index contributed by atoms with van der Waals surface area (Å²) in [5, 5.41) is 0. The van der Waals surface area contributed by atoms with Crippen molar-refractivity contribution in [1.82, 2.24) is 0 Å². The van der Waals surface area contributed by atoms with Gasteiger partial charge in [-0.1, -0.05) is 0 Å². The molecule has 0 heterocycles. The molecule has 0 atom stereocenters. The molecule has 0 fully saturated rings. The van der Waals surface area contributed by atoms with Crippen LogP contribution in [0.3, 0.4) is 0 Å². The Hall–Kier alpha value is 0.793. The van der Waals surface area contributed by atoms with Crippen molar-refractivity contribution < 1.29 is 48.3 Å². The van der Waals surface area contributed by atoms with Gasteiger partial charge in [-0.25, -0.2) is 0 Å². The van der Waals surface area contributed by atoms with Gasteiger partial charge in [-0.2, -0.15) is 0 Å². The molecule has 0 rings (SSSR count). The molecule has 0 aromatic heterocycles. The van der Waals surface area contributed by atoms with Gasteiger partial charge in [0.15, 0.2) is 0 Å². The molecule has 38 valence electrons. The van der Waals surface area contributed by atoms with Crippen molar-refractivity contribution in [2.24, 2.45) is 0 Å². The Morgan fingerprint density at radius 3 is 0.600 bits per heavy atom. The van der Waals surface area contributed by atoms with Crippen molar-refractivity contribution in [3.8, 4) is 0 Å². The summed E-state index contributed by atoms with van der Waals surface area (Å²) in [6.07, 6.45) is 0. The number of rotatable bonds is 0. The molecule has 0 aliphatic rings. The Kier molecular flexibility index (Phi) is 4630. The summed E-state index contributed by atoms with van der Waals surface area (Å²) in [6, 6.07) is 0. The minimum Gasteiger partial charge on any atom is -1.00 e. The van der Waals surface area contributed by atoms with Gasteiger partial charge in [0.05, 0.1) is 0 Å². The molecule has 0 radical (unpaired) electrons. The molecule has 3 nitrogen and oxygen atoms in total. The molecule has 0 spiro atoms. The van der Waals surface area contributed by atoms with Crippen LogP contribution in [-0.4, -0.2) is 16.4 Å². The SMILES string of the molecule is O.O.O.[Cl-].[Ru+2]. The summed E-state index contributed by atoms with van der Waals surface area (Å²) in [5.74, 6) is 0. The van der Waals surface area contributed by atoms with Crippen molar-refractivity contribution in [3.05, 3.63) is 0 Å². The smallest absolute Gasteiger partial charge is 1.00 e. The summed E-state index contributed by atoms with van der Waals surface area (Å²) < 4.78 is 0. The fraction of sp³-hybridized carbons (Fsp3) is 0. The van der Waals surface area contributed by atoms with Gasteiger partial charge in [-0.15, -0.1) is 0 Å². The van der Waals surface area contributed by atoms with Crippen LogP contribution in [0.2, 0.25) is 0 Å². The number of hydrogen-bond acceptors (Lipinski definition) is 0. The molecule has 0 bridgehead atoms. The van der Waals surface area contributed by atoms with Gasteiger partial charge in [0.1, 0.15) is 0 Å². The Bertz CT molecular complexity index is 6.85. The number of halogens is 1. The van der Waals surface area contributed by atoms with E-state index in [4.69, 9.17) is 0 Å². The van der Waals surface area contributed by atoms with Crippen molar-refractivity contribution >= 4 is 0 Å². The van der Waals surface area contributed by atoms with Gasteiger partial charge in [0.2, 0.25) is 0 Å². The maximum absolute atomic E-state index is 0. The maximum atomic E-state index is 0. The van der Waals surface area contributed by atoms with Crippen molar-refractivity contribution in [1.29, 1.82) is 0 Å². The van der Waals surface area contributed by atoms with Crippen LogP contribution in [0.4, 0.5) is 0 Å². The average Bonchev–Trinajstić information content (AvgIpc) is 0. The van der Waals surface area contributed by atoms with E-state index in [1.807, 2.05) is 0 Å². The van der Waals surface area contributed by atoms with Crippen molar-refractivity contribution in [3.63, 3.8) is 0 Å². The predicted molar refractivity (Wildman–Crippen MR) is 10.8 cm³/mol. The van der Waals surface area contributed by atoms with Crippen molar-refractivity contribution in [2.75, 3.05) is 0 Å². The Morgan fingerprint density at radius 1 is 0.600 bits per heavy atom. The second-order valence-electron chi connectivity index (χ2n) is 0. The first kappa shape index (κ1) is 211. The molecule has 0 aromatic rings. The Labute approximate surface area is 48.8 Å². The molecule has 0 aromatic carbocycles. The van der Waals surface area contributed by atoms with Crippen LogP contribution in [-0.2, 0) is 19.5 Å². The van der Waals surface area contributed by atoms with Crippen molar-refractivity contribution in [2.45, 2.75) is 0 Å². The predicted octanol–water partition coefficient (Wildman–Crippen LogP) is -5.47. The standard InChI is InChI=1S/ClH.3H2O.Ru/h1H;3*1H2;/q;;;;+2/p-1. The topological polar surface area (TPSA) is 94.5 Å². The third-order valence-corrected chi connectivity index (χ3v) is 0. The van der Waals surface area contributed by atoms with Gasteiger partial charge >= 0.3 is 19.5 Å². The van der Waals surface area contributed by atoms with E-state index < -0.39 is 0 Å². The summed E-state index contributed by atoms with van der Waals surface area (Å²) in [6.45, 7) is 0. The molecule has 0 amide bonds. The summed E-state index contributed by atoms with van der Waals surface area (Å²) in [7, 11) is 0. The molecule has 0 saturated heterocycles. The zero-order valence-electron chi connectivity index (χ0n) is 2.23. The van der Waals surface area contributed by atoms with Crippen LogP contribution in [0.25, 0.3) is 0 Å². The normalized spacial score (nSPS) is 0. The molecule has 0 saturated carbocycles. The first-order valence-corrected chi connectivity index (χ1v) is 0. The summed E-state index contributed by atoms with van der Waals surface area (Å²) >= 11 is 0. The van der Waals surface area contributed by atoms with E-state index in [-0.39, 0.29) is 48.3 Å². The van der Waals surface area contributed by atoms with E-state index >= 15 is 0 Å². The quantitative estimate of drug-likeness (QED) is 0.341. The van der Waals surface area contributed by atoms with E-state index in [0.717, 1.165) is 0 Å². The zero-order chi connectivity index (χ0) is 0. The van der Waals surface area contributed by atoms with Crippen LogP contribution < -0.4 is 12.4 Å². The van der Waals surface area contributed by atoms with Crippen LogP contribution in [0.1, 0.15) is 0 Å². The second kappa shape index (κ2) is 110. The molecular weight excluding hydrogens is 185 g/mol. The van der Waals surface area contributed by atoms with Crippen LogP contribution in [0.5, 0.6) is 0 Å². The van der Waals surface area contributed by atoms with Gasteiger partial charge < -0.3 is 28.8 Å². The van der Waals surface area contributed by atoms with Crippen LogP contribution >= 0.6 is 0 Å². The Balaban J connectivity index is 0. The largest absolute Gasteiger partial charge is 2.00 e. The fourth-order valence-corrected chi connectivity index (χ4v) is 0. The Morgan fingerprint density at radius 2 is 0.600 bits per heavy atom. The molecule has 0 unspecified atom stereocenters. The first-order valence-electron chi connectivity index (χ1n) is 0. The fourth-order valence-electron chi connectivity index (χ4n) is 0. The van der Waals surface area contributed by atoms with E-state index in [1.54, 1.807) is 0 Å². The molecule has 5 heavy (non-hydrogen) atoms. The molecule has 5 heteroatoms. The van der Waals surface area contributed by atoms with Gasteiger partial charge in [-0.05, 0) is 0 Å². The van der Waals surface area contributed by atoms with E-state index in [2.05, 4.69) is 0 Å². The van der Waals surface area contributed by atoms with Gasteiger partial charge in [-0.3, -0.25) is 0 Å². The average molecular weight is 191 g/mol. The zero-order valence-corrected chi connectivity index (χ0v) is 4.73. The van der Waals surface area contributed by atoms with Gasteiger partial charge in [0.25, 0.3) is 0 Å². The van der Waals surface area contributed by atoms with Crippen LogP contribution in [0, 0.1) is 0 Å². The second-order valence-corrected chi connectivity index (χ2v) is 0.